The standard InChI is InChI=1S/C11H12N4O/c1-2-15(14-16)11-8-10(12-13-11)9-6-4-3-5-7-9/h3-8H,2H2,1H3,(H,12,13). The minimum Gasteiger partial charge on any atom is -0.276 e. The maximum atomic E-state index is 10.5. The SMILES string of the molecule is CCN(N=O)c1cc(-c2ccccc2)[nH]n1. The van der Waals surface area contributed by atoms with E-state index in [4.69, 9.17) is 0 Å². The van der Waals surface area contributed by atoms with Crippen molar-refractivity contribution in [1.29, 1.82) is 0 Å². The molecule has 82 valence electrons. The van der Waals surface area contributed by atoms with Crippen LogP contribution in [0.2, 0.25) is 0 Å². The van der Waals surface area contributed by atoms with Gasteiger partial charge in [-0.2, -0.15) is 5.10 Å². The van der Waals surface area contributed by atoms with Crippen molar-refractivity contribution in [3.8, 4) is 11.3 Å². The highest BCUT2D eigenvalue weighted by Crippen LogP contribution is 2.21. The molecule has 0 aliphatic heterocycles. The number of nitroso groups, excluding NO2 is 1. The van der Waals surface area contributed by atoms with Gasteiger partial charge in [-0.1, -0.05) is 30.3 Å². The first-order chi connectivity index (χ1) is 7.85. The van der Waals surface area contributed by atoms with Crippen LogP contribution in [0, 0.1) is 4.91 Å². The number of nitrogens with one attached hydrogen (secondary N) is 1. The van der Waals surface area contributed by atoms with Crippen molar-refractivity contribution in [3.05, 3.63) is 41.3 Å². The summed E-state index contributed by atoms with van der Waals surface area (Å²) in [5.74, 6) is 0.538. The zero-order chi connectivity index (χ0) is 11.4. The lowest BCUT2D eigenvalue weighted by Crippen LogP contribution is -2.14. The molecule has 0 fully saturated rings. The van der Waals surface area contributed by atoms with Gasteiger partial charge in [-0.15, -0.1) is 4.91 Å². The van der Waals surface area contributed by atoms with Crippen LogP contribution in [0.15, 0.2) is 41.7 Å². The van der Waals surface area contributed by atoms with Crippen LogP contribution >= 0.6 is 0 Å². The normalized spacial score (nSPS) is 10.1. The van der Waals surface area contributed by atoms with Gasteiger partial charge in [0.1, 0.15) is 0 Å². The summed E-state index contributed by atoms with van der Waals surface area (Å²) in [6, 6.07) is 11.6. The molecule has 1 aromatic heterocycles. The molecular weight excluding hydrogens is 204 g/mol. The van der Waals surface area contributed by atoms with Gasteiger partial charge in [0.25, 0.3) is 0 Å². The molecule has 0 amide bonds. The zero-order valence-corrected chi connectivity index (χ0v) is 8.92. The molecule has 0 spiro atoms. The van der Waals surface area contributed by atoms with Crippen molar-refractivity contribution in [2.24, 2.45) is 5.29 Å². The number of rotatable bonds is 4. The second kappa shape index (κ2) is 4.57. The van der Waals surface area contributed by atoms with Gasteiger partial charge in [-0.3, -0.25) is 5.10 Å². The minimum atomic E-state index is 0.503. The smallest absolute Gasteiger partial charge is 0.173 e. The number of hydrogen-bond acceptors (Lipinski definition) is 3. The molecule has 0 atom stereocenters. The third-order valence-corrected chi connectivity index (χ3v) is 2.31. The highest BCUT2D eigenvalue weighted by atomic mass is 16.3. The van der Waals surface area contributed by atoms with E-state index < -0.39 is 0 Å². The molecule has 16 heavy (non-hydrogen) atoms. The highest BCUT2D eigenvalue weighted by molar-refractivity contribution is 5.62. The van der Waals surface area contributed by atoms with Crippen LogP contribution in [0.1, 0.15) is 6.92 Å². The van der Waals surface area contributed by atoms with Crippen molar-refractivity contribution < 1.29 is 0 Å². The lowest BCUT2D eigenvalue weighted by molar-refractivity contribution is 0.854. The second-order valence-electron chi connectivity index (χ2n) is 3.30. The molecule has 0 saturated carbocycles. The summed E-state index contributed by atoms with van der Waals surface area (Å²) in [7, 11) is 0. The molecule has 0 aliphatic carbocycles. The van der Waals surface area contributed by atoms with Crippen molar-refractivity contribution in [2.45, 2.75) is 6.92 Å². The van der Waals surface area contributed by atoms with E-state index >= 15 is 0 Å². The molecule has 1 aromatic carbocycles. The van der Waals surface area contributed by atoms with Gasteiger partial charge in [0.15, 0.2) is 5.82 Å². The second-order valence-corrected chi connectivity index (χ2v) is 3.30. The van der Waals surface area contributed by atoms with Crippen LogP contribution in [0.25, 0.3) is 11.3 Å². The summed E-state index contributed by atoms with van der Waals surface area (Å²) in [5.41, 5.74) is 1.90. The van der Waals surface area contributed by atoms with Crippen LogP contribution in [-0.4, -0.2) is 16.7 Å². The predicted octanol–water partition coefficient (Wildman–Crippen LogP) is 2.58. The molecular formula is C11H12N4O. The van der Waals surface area contributed by atoms with E-state index in [-0.39, 0.29) is 0 Å². The highest BCUT2D eigenvalue weighted by Gasteiger charge is 2.09. The Morgan fingerprint density at radius 1 is 1.38 bits per heavy atom. The number of hydrogen-bond donors (Lipinski definition) is 1. The summed E-state index contributed by atoms with van der Waals surface area (Å²) in [6.07, 6.45) is 0. The third-order valence-electron chi connectivity index (χ3n) is 2.31. The summed E-state index contributed by atoms with van der Waals surface area (Å²) in [4.78, 5) is 10.5. The van der Waals surface area contributed by atoms with Gasteiger partial charge in [-0.25, -0.2) is 5.01 Å². The largest absolute Gasteiger partial charge is 0.276 e. The Labute approximate surface area is 93.0 Å². The first-order valence-electron chi connectivity index (χ1n) is 5.06. The average molecular weight is 216 g/mol. The molecule has 0 aliphatic rings. The monoisotopic (exact) mass is 216 g/mol. The van der Waals surface area contributed by atoms with Gasteiger partial charge >= 0.3 is 0 Å². The molecule has 5 nitrogen and oxygen atoms in total. The summed E-state index contributed by atoms with van der Waals surface area (Å²) in [6.45, 7) is 2.35. The first-order valence-corrected chi connectivity index (χ1v) is 5.06. The minimum absolute atomic E-state index is 0.503. The molecule has 1 heterocycles. The van der Waals surface area contributed by atoms with Crippen LogP contribution < -0.4 is 5.01 Å². The van der Waals surface area contributed by atoms with Crippen molar-refractivity contribution in [3.63, 3.8) is 0 Å². The van der Waals surface area contributed by atoms with Gasteiger partial charge in [0.05, 0.1) is 11.0 Å². The molecule has 2 rings (SSSR count). The van der Waals surface area contributed by atoms with E-state index in [1.807, 2.05) is 37.3 Å². The molecule has 0 unspecified atom stereocenters. The topological polar surface area (TPSA) is 61.4 Å². The zero-order valence-electron chi connectivity index (χ0n) is 8.92. The predicted molar refractivity (Wildman–Crippen MR) is 62.8 cm³/mol. The molecule has 5 heteroatoms. The van der Waals surface area contributed by atoms with Crippen molar-refractivity contribution in [2.75, 3.05) is 11.6 Å². The average Bonchev–Trinajstić information content (AvgIpc) is 2.81. The molecule has 0 bridgehead atoms. The summed E-state index contributed by atoms with van der Waals surface area (Å²) < 4.78 is 0. The Bertz CT molecular complexity index is 466. The van der Waals surface area contributed by atoms with Crippen LogP contribution in [0.4, 0.5) is 5.82 Å². The fourth-order valence-corrected chi connectivity index (χ4v) is 1.47. The third kappa shape index (κ3) is 1.93. The van der Waals surface area contributed by atoms with Gasteiger partial charge < -0.3 is 0 Å². The van der Waals surface area contributed by atoms with Crippen LogP contribution in [0.3, 0.4) is 0 Å². The first kappa shape index (κ1) is 10.4. The van der Waals surface area contributed by atoms with E-state index in [9.17, 15) is 4.91 Å². The van der Waals surface area contributed by atoms with Crippen LogP contribution in [-0.2, 0) is 0 Å². The molecule has 1 N–H and O–H groups in total. The van der Waals surface area contributed by atoms with Crippen molar-refractivity contribution in [1.82, 2.24) is 10.2 Å². The fourth-order valence-electron chi connectivity index (χ4n) is 1.47. The Morgan fingerprint density at radius 3 is 2.75 bits per heavy atom. The lowest BCUT2D eigenvalue weighted by Gasteiger charge is -2.06. The van der Waals surface area contributed by atoms with Crippen LogP contribution in [0.5, 0.6) is 0 Å². The lowest BCUT2D eigenvalue weighted by atomic mass is 10.2. The van der Waals surface area contributed by atoms with E-state index in [0.29, 0.717) is 12.4 Å². The van der Waals surface area contributed by atoms with Gasteiger partial charge in [0, 0.05) is 12.6 Å². The number of H-pyrrole nitrogens is 1. The molecule has 2 aromatic rings. The Morgan fingerprint density at radius 2 is 2.12 bits per heavy atom. The number of aromatic nitrogens is 2. The summed E-state index contributed by atoms with van der Waals surface area (Å²) >= 11 is 0. The van der Waals surface area contributed by atoms with E-state index in [0.717, 1.165) is 11.3 Å². The van der Waals surface area contributed by atoms with E-state index in [1.54, 1.807) is 6.07 Å². The van der Waals surface area contributed by atoms with Crippen molar-refractivity contribution >= 4 is 5.82 Å². The molecule has 0 radical (unpaired) electrons. The quantitative estimate of drug-likeness (QED) is 0.631. The molecule has 0 saturated heterocycles. The Hall–Kier alpha value is -2.17. The maximum absolute atomic E-state index is 10.5. The number of nitrogens with zero attached hydrogens (tertiary/aromatic N) is 3. The van der Waals surface area contributed by atoms with E-state index in [1.165, 1.54) is 5.01 Å². The van der Waals surface area contributed by atoms with E-state index in [2.05, 4.69) is 15.5 Å². The Balaban J connectivity index is 2.29. The van der Waals surface area contributed by atoms with Gasteiger partial charge in [-0.05, 0) is 12.5 Å². The van der Waals surface area contributed by atoms with Gasteiger partial charge in [0.2, 0.25) is 0 Å². The number of aromatic amines is 1. The number of benzene rings is 1. The summed E-state index contributed by atoms with van der Waals surface area (Å²) in [5, 5.41) is 11.1. The Kier molecular flexibility index (Phi) is 2.95. The maximum Gasteiger partial charge on any atom is 0.173 e. The fraction of sp³-hybridized carbons (Fsp3) is 0.182. The number of anilines is 1.